The van der Waals surface area contributed by atoms with Crippen LogP contribution in [0.5, 0.6) is 0 Å². The second-order valence-corrected chi connectivity index (χ2v) is 6.83. The van der Waals surface area contributed by atoms with Crippen LogP contribution in [0.15, 0.2) is 60.7 Å². The molecule has 1 aliphatic carbocycles. The van der Waals surface area contributed by atoms with Crippen molar-refractivity contribution in [3.63, 3.8) is 0 Å². The molecule has 0 aromatic heterocycles. The van der Waals surface area contributed by atoms with E-state index in [-0.39, 0.29) is 23.8 Å². The minimum Gasteiger partial charge on any atom is -0.341 e. The van der Waals surface area contributed by atoms with Crippen molar-refractivity contribution in [2.45, 2.75) is 37.8 Å². The lowest BCUT2D eigenvalue weighted by Crippen LogP contribution is -2.39. The number of carbonyl (C=O) groups is 2. The lowest BCUT2D eigenvalue weighted by Gasteiger charge is -2.21. The molecule has 2 aromatic carbocycles. The summed E-state index contributed by atoms with van der Waals surface area (Å²) in [6, 6.07) is 17.9. The zero-order chi connectivity index (χ0) is 18.4. The topological polar surface area (TPSA) is 84.2 Å². The minimum absolute atomic E-state index is 0.0778. The van der Waals surface area contributed by atoms with Gasteiger partial charge in [0, 0.05) is 18.2 Å². The Morgan fingerprint density at radius 2 is 1.65 bits per heavy atom. The average Bonchev–Trinajstić information content (AvgIpc) is 3.06. The number of amides is 2. The highest BCUT2D eigenvalue weighted by molar-refractivity contribution is 5.97. The fourth-order valence-electron chi connectivity index (χ4n) is 3.46. The number of rotatable bonds is 6. The quantitative estimate of drug-likeness (QED) is 0.748. The van der Waals surface area contributed by atoms with Crippen molar-refractivity contribution >= 4 is 17.5 Å². The Hall–Kier alpha value is -2.66. The maximum absolute atomic E-state index is 12.8. The van der Waals surface area contributed by atoms with Gasteiger partial charge in [0.05, 0.1) is 0 Å². The van der Waals surface area contributed by atoms with Crippen LogP contribution in [0.4, 0.5) is 5.69 Å². The first kappa shape index (κ1) is 18.1. The molecule has 1 unspecified atom stereocenters. The predicted molar refractivity (Wildman–Crippen MR) is 102 cm³/mol. The summed E-state index contributed by atoms with van der Waals surface area (Å²) in [5, 5.41) is 5.76. The van der Waals surface area contributed by atoms with Crippen LogP contribution in [0.25, 0.3) is 0 Å². The van der Waals surface area contributed by atoms with Gasteiger partial charge in [0.1, 0.15) is 6.04 Å². The van der Waals surface area contributed by atoms with Crippen molar-refractivity contribution in [1.82, 2.24) is 5.32 Å². The van der Waals surface area contributed by atoms with E-state index in [1.165, 1.54) is 0 Å². The fourth-order valence-corrected chi connectivity index (χ4v) is 3.46. The summed E-state index contributed by atoms with van der Waals surface area (Å²) in [6.07, 6.45) is 3.37. The zero-order valence-electron chi connectivity index (χ0n) is 14.7. The Bertz CT molecular complexity index is 733. The first-order valence-corrected chi connectivity index (χ1v) is 9.09. The number of para-hydroxylation sites is 1. The molecule has 0 radical (unpaired) electrons. The van der Waals surface area contributed by atoms with Gasteiger partial charge in [-0.2, -0.15) is 0 Å². The third-order valence-electron chi connectivity index (χ3n) is 4.91. The molecule has 136 valence electrons. The van der Waals surface area contributed by atoms with E-state index in [0.29, 0.717) is 12.1 Å². The molecule has 0 heterocycles. The second-order valence-electron chi connectivity index (χ2n) is 6.83. The van der Waals surface area contributed by atoms with Crippen LogP contribution in [-0.2, 0) is 9.59 Å². The van der Waals surface area contributed by atoms with Crippen molar-refractivity contribution in [2.75, 3.05) is 5.32 Å². The van der Waals surface area contributed by atoms with Gasteiger partial charge in [-0.3, -0.25) is 9.59 Å². The van der Waals surface area contributed by atoms with E-state index in [0.717, 1.165) is 24.8 Å². The molecule has 2 amide bonds. The number of benzene rings is 2. The molecule has 1 aliphatic rings. The van der Waals surface area contributed by atoms with E-state index < -0.39 is 6.04 Å². The third-order valence-corrected chi connectivity index (χ3v) is 4.91. The number of hydrogen-bond acceptors (Lipinski definition) is 3. The molecule has 0 spiro atoms. The molecule has 3 rings (SSSR count). The Labute approximate surface area is 154 Å². The molecule has 1 fully saturated rings. The first-order chi connectivity index (χ1) is 12.6. The van der Waals surface area contributed by atoms with Gasteiger partial charge in [0.15, 0.2) is 0 Å². The van der Waals surface area contributed by atoms with Crippen LogP contribution in [0, 0.1) is 5.92 Å². The van der Waals surface area contributed by atoms with Crippen LogP contribution < -0.4 is 16.4 Å². The van der Waals surface area contributed by atoms with E-state index in [1.54, 1.807) is 0 Å². The molecule has 4 N–H and O–H groups in total. The summed E-state index contributed by atoms with van der Waals surface area (Å²) in [7, 11) is 0. The number of anilines is 1. The van der Waals surface area contributed by atoms with Crippen LogP contribution in [0.1, 0.15) is 37.3 Å². The normalized spacial score (nSPS) is 20.3. The van der Waals surface area contributed by atoms with Gasteiger partial charge in [-0.15, -0.1) is 0 Å². The van der Waals surface area contributed by atoms with Crippen molar-refractivity contribution in [3.05, 3.63) is 66.2 Å². The van der Waals surface area contributed by atoms with Crippen LogP contribution >= 0.6 is 0 Å². The Kier molecular flexibility index (Phi) is 6.02. The van der Waals surface area contributed by atoms with E-state index in [2.05, 4.69) is 10.6 Å². The molecule has 0 aliphatic heterocycles. The molecule has 2 aromatic rings. The Balaban J connectivity index is 1.71. The predicted octanol–water partition coefficient (Wildman–Crippen LogP) is 3.00. The van der Waals surface area contributed by atoms with Crippen LogP contribution in [0.2, 0.25) is 0 Å². The first-order valence-electron chi connectivity index (χ1n) is 9.09. The zero-order valence-corrected chi connectivity index (χ0v) is 14.7. The van der Waals surface area contributed by atoms with Gasteiger partial charge in [-0.1, -0.05) is 55.0 Å². The third kappa shape index (κ3) is 4.70. The number of nitrogens with one attached hydrogen (secondary N) is 2. The highest BCUT2D eigenvalue weighted by Crippen LogP contribution is 2.27. The number of carbonyl (C=O) groups excluding carboxylic acids is 2. The van der Waals surface area contributed by atoms with Gasteiger partial charge in [0.25, 0.3) is 5.91 Å². The second kappa shape index (κ2) is 8.63. The standard InChI is InChI=1S/C21H25N3O2/c22-18-13-7-10-16(18)14-19(25)24-20(15-8-3-1-4-9-15)21(26)23-17-11-5-2-6-12-17/h1-6,8-9,11-12,16,18,20H,7,10,13-14,22H2,(H,23,26)(H,24,25)/t16-,18+,20?/m0/s1. The van der Waals surface area contributed by atoms with E-state index in [9.17, 15) is 9.59 Å². The maximum atomic E-state index is 12.8. The van der Waals surface area contributed by atoms with Gasteiger partial charge in [-0.05, 0) is 36.5 Å². The van der Waals surface area contributed by atoms with Crippen molar-refractivity contribution in [3.8, 4) is 0 Å². The van der Waals surface area contributed by atoms with Gasteiger partial charge in [0.2, 0.25) is 5.91 Å². The summed E-state index contributed by atoms with van der Waals surface area (Å²) < 4.78 is 0. The average molecular weight is 351 g/mol. The van der Waals surface area contributed by atoms with E-state index in [4.69, 9.17) is 5.73 Å². The number of nitrogens with two attached hydrogens (primary N) is 1. The highest BCUT2D eigenvalue weighted by Gasteiger charge is 2.28. The molecule has 26 heavy (non-hydrogen) atoms. The molecule has 0 saturated heterocycles. The Morgan fingerprint density at radius 3 is 2.27 bits per heavy atom. The molecular weight excluding hydrogens is 326 g/mol. The summed E-state index contributed by atoms with van der Waals surface area (Å²) >= 11 is 0. The van der Waals surface area contributed by atoms with Gasteiger partial charge >= 0.3 is 0 Å². The smallest absolute Gasteiger partial charge is 0.251 e. The van der Waals surface area contributed by atoms with E-state index >= 15 is 0 Å². The molecule has 1 saturated carbocycles. The molecule has 5 heteroatoms. The lowest BCUT2D eigenvalue weighted by molar-refractivity contribution is -0.127. The summed E-state index contributed by atoms with van der Waals surface area (Å²) in [5.74, 6) is -0.195. The SMILES string of the molecule is N[C@@H]1CCC[C@H]1CC(=O)NC(C(=O)Nc1ccccc1)c1ccccc1. The highest BCUT2D eigenvalue weighted by atomic mass is 16.2. The van der Waals surface area contributed by atoms with Crippen LogP contribution in [0.3, 0.4) is 0 Å². The molecule has 0 bridgehead atoms. The van der Waals surface area contributed by atoms with Gasteiger partial charge < -0.3 is 16.4 Å². The summed E-state index contributed by atoms with van der Waals surface area (Å²) in [6.45, 7) is 0. The van der Waals surface area contributed by atoms with Crippen molar-refractivity contribution < 1.29 is 9.59 Å². The maximum Gasteiger partial charge on any atom is 0.251 e. The van der Waals surface area contributed by atoms with E-state index in [1.807, 2.05) is 60.7 Å². The minimum atomic E-state index is -0.735. The molecular formula is C21H25N3O2. The van der Waals surface area contributed by atoms with Crippen molar-refractivity contribution in [2.24, 2.45) is 11.7 Å². The number of hydrogen-bond donors (Lipinski definition) is 3. The Morgan fingerprint density at radius 1 is 1.00 bits per heavy atom. The molecule has 5 nitrogen and oxygen atoms in total. The lowest BCUT2D eigenvalue weighted by atomic mass is 9.99. The van der Waals surface area contributed by atoms with Gasteiger partial charge in [-0.25, -0.2) is 0 Å². The molecule has 3 atom stereocenters. The summed E-state index contributed by atoms with van der Waals surface area (Å²) in [4.78, 5) is 25.3. The summed E-state index contributed by atoms with van der Waals surface area (Å²) in [5.41, 5.74) is 7.53. The van der Waals surface area contributed by atoms with Crippen molar-refractivity contribution in [1.29, 1.82) is 0 Å². The largest absolute Gasteiger partial charge is 0.341 e. The monoisotopic (exact) mass is 351 g/mol. The van der Waals surface area contributed by atoms with Crippen LogP contribution in [-0.4, -0.2) is 17.9 Å². The fraction of sp³-hybridized carbons (Fsp3) is 0.333.